The fraction of sp³-hybridized carbons (Fsp3) is 0.409. The van der Waals surface area contributed by atoms with Crippen LogP contribution in [0.4, 0.5) is 5.82 Å². The molecule has 3 heterocycles. The number of rotatable bonds is 5. The molecule has 0 radical (unpaired) electrons. The maximum absolute atomic E-state index is 6.36. The number of nitrogens with zero attached hydrogens (tertiary/aromatic N) is 5. The molecule has 7 heteroatoms. The molecule has 0 N–H and O–H groups in total. The Morgan fingerprint density at radius 3 is 2.79 bits per heavy atom. The lowest BCUT2D eigenvalue weighted by Gasteiger charge is -2.24. The minimum absolute atomic E-state index is 0.476. The van der Waals surface area contributed by atoms with Gasteiger partial charge in [-0.05, 0) is 43.0 Å². The van der Waals surface area contributed by atoms with Crippen molar-refractivity contribution in [2.75, 3.05) is 31.1 Å². The number of hydrogen-bond donors (Lipinski definition) is 0. The zero-order chi connectivity index (χ0) is 19.6. The van der Waals surface area contributed by atoms with Crippen LogP contribution < -0.4 is 4.90 Å². The van der Waals surface area contributed by atoms with Crippen LogP contribution in [0.5, 0.6) is 0 Å². The van der Waals surface area contributed by atoms with Gasteiger partial charge in [0.1, 0.15) is 5.82 Å². The number of aromatic nitrogens is 3. The van der Waals surface area contributed by atoms with Crippen LogP contribution >= 0.6 is 11.6 Å². The van der Waals surface area contributed by atoms with E-state index in [-0.39, 0.29) is 0 Å². The molecular weight excluding hydrogens is 386 g/mol. The number of pyridine rings is 1. The van der Waals surface area contributed by atoms with Crippen LogP contribution in [0.1, 0.15) is 36.6 Å². The Kier molecular flexibility index (Phi) is 5.21. The summed E-state index contributed by atoms with van der Waals surface area (Å²) in [4.78, 5) is 14.1. The molecule has 2 fully saturated rings. The van der Waals surface area contributed by atoms with Crippen molar-refractivity contribution in [3.05, 3.63) is 59.0 Å². The molecule has 5 rings (SSSR count). The van der Waals surface area contributed by atoms with Crippen LogP contribution in [0.3, 0.4) is 0 Å². The van der Waals surface area contributed by atoms with E-state index >= 15 is 0 Å². The quantitative estimate of drug-likeness (QED) is 0.623. The SMILES string of the molecule is Clc1ccccc1CN1CCCN(c2ncccc2-c2nc(C3CC3)no2)CC1. The van der Waals surface area contributed by atoms with Crippen LogP contribution in [0.15, 0.2) is 47.1 Å². The van der Waals surface area contributed by atoms with Crippen molar-refractivity contribution < 1.29 is 4.52 Å². The second-order valence-corrected chi connectivity index (χ2v) is 8.22. The van der Waals surface area contributed by atoms with Gasteiger partial charge in [0.05, 0.1) is 5.56 Å². The molecule has 150 valence electrons. The van der Waals surface area contributed by atoms with E-state index in [0.717, 1.165) is 74.2 Å². The predicted molar refractivity (Wildman–Crippen MR) is 113 cm³/mol. The fourth-order valence-electron chi connectivity index (χ4n) is 3.88. The van der Waals surface area contributed by atoms with E-state index in [1.54, 1.807) is 0 Å². The number of halogens is 1. The highest BCUT2D eigenvalue weighted by Crippen LogP contribution is 2.39. The van der Waals surface area contributed by atoms with E-state index in [1.807, 2.05) is 36.5 Å². The Labute approximate surface area is 175 Å². The minimum Gasteiger partial charge on any atom is -0.355 e. The second-order valence-electron chi connectivity index (χ2n) is 7.81. The zero-order valence-electron chi connectivity index (χ0n) is 16.3. The van der Waals surface area contributed by atoms with Crippen LogP contribution in [-0.2, 0) is 6.54 Å². The van der Waals surface area contributed by atoms with Gasteiger partial charge in [0.15, 0.2) is 5.82 Å². The molecule has 1 saturated heterocycles. The Balaban J connectivity index is 1.32. The van der Waals surface area contributed by atoms with Gasteiger partial charge in [-0.3, -0.25) is 4.90 Å². The molecule has 2 aromatic heterocycles. The topological polar surface area (TPSA) is 58.3 Å². The number of hydrogen-bond acceptors (Lipinski definition) is 6. The first-order valence-corrected chi connectivity index (χ1v) is 10.7. The first kappa shape index (κ1) is 18.6. The Morgan fingerprint density at radius 2 is 1.93 bits per heavy atom. The molecular formula is C22H24ClN5O. The van der Waals surface area contributed by atoms with Crippen molar-refractivity contribution in [3.8, 4) is 11.5 Å². The largest absolute Gasteiger partial charge is 0.355 e. The molecule has 2 aliphatic rings. The zero-order valence-corrected chi connectivity index (χ0v) is 17.1. The molecule has 0 amide bonds. The third-order valence-corrected chi connectivity index (χ3v) is 6.01. The van der Waals surface area contributed by atoms with Crippen molar-refractivity contribution in [1.82, 2.24) is 20.0 Å². The van der Waals surface area contributed by atoms with Crippen LogP contribution in [0.25, 0.3) is 11.5 Å². The lowest BCUT2D eigenvalue weighted by atomic mass is 10.2. The Hall–Kier alpha value is -2.44. The summed E-state index contributed by atoms with van der Waals surface area (Å²) in [6, 6.07) is 12.0. The van der Waals surface area contributed by atoms with E-state index < -0.39 is 0 Å². The van der Waals surface area contributed by atoms with Gasteiger partial charge in [0.25, 0.3) is 5.89 Å². The van der Waals surface area contributed by atoms with Gasteiger partial charge in [-0.25, -0.2) is 4.98 Å². The molecule has 1 aliphatic carbocycles. The van der Waals surface area contributed by atoms with Crippen molar-refractivity contribution in [3.63, 3.8) is 0 Å². The normalized spacial score (nSPS) is 18.0. The minimum atomic E-state index is 0.476. The third kappa shape index (κ3) is 4.14. The lowest BCUT2D eigenvalue weighted by molar-refractivity contribution is 0.285. The average molecular weight is 410 g/mol. The smallest absolute Gasteiger partial charge is 0.261 e. The highest BCUT2D eigenvalue weighted by molar-refractivity contribution is 6.31. The molecule has 29 heavy (non-hydrogen) atoms. The highest BCUT2D eigenvalue weighted by Gasteiger charge is 2.30. The molecule has 0 atom stereocenters. The molecule has 6 nitrogen and oxygen atoms in total. The molecule has 1 aliphatic heterocycles. The Morgan fingerprint density at radius 1 is 1.03 bits per heavy atom. The summed E-state index contributed by atoms with van der Waals surface area (Å²) in [5.74, 6) is 2.81. The van der Waals surface area contributed by atoms with Crippen molar-refractivity contribution in [2.45, 2.75) is 31.7 Å². The second kappa shape index (κ2) is 8.13. The van der Waals surface area contributed by atoms with E-state index in [1.165, 1.54) is 5.56 Å². The standard InChI is InChI=1S/C22H24ClN5O/c23-19-7-2-1-5-17(19)15-27-11-4-12-28(14-13-27)21-18(6-3-10-24-21)22-25-20(26-29-22)16-8-9-16/h1-3,5-7,10,16H,4,8-9,11-15H2. The van der Waals surface area contributed by atoms with Crippen molar-refractivity contribution >= 4 is 17.4 Å². The van der Waals surface area contributed by atoms with Gasteiger partial charge in [-0.1, -0.05) is 35.0 Å². The molecule has 3 aromatic rings. The van der Waals surface area contributed by atoms with Gasteiger partial charge in [-0.15, -0.1) is 0 Å². The summed E-state index contributed by atoms with van der Waals surface area (Å²) < 4.78 is 5.58. The highest BCUT2D eigenvalue weighted by atomic mass is 35.5. The maximum atomic E-state index is 6.36. The van der Waals surface area contributed by atoms with Gasteiger partial charge < -0.3 is 9.42 Å². The summed E-state index contributed by atoms with van der Waals surface area (Å²) >= 11 is 6.36. The third-order valence-electron chi connectivity index (χ3n) is 5.64. The number of anilines is 1. The monoisotopic (exact) mass is 409 g/mol. The maximum Gasteiger partial charge on any atom is 0.261 e. The summed E-state index contributed by atoms with van der Waals surface area (Å²) in [6.07, 6.45) is 5.22. The van der Waals surface area contributed by atoms with Crippen LogP contribution in [0.2, 0.25) is 5.02 Å². The summed E-state index contributed by atoms with van der Waals surface area (Å²) in [6.45, 7) is 4.72. The van der Waals surface area contributed by atoms with Gasteiger partial charge in [0, 0.05) is 49.9 Å². The molecule has 0 bridgehead atoms. The van der Waals surface area contributed by atoms with Crippen LogP contribution in [0, 0.1) is 0 Å². The van der Waals surface area contributed by atoms with Crippen molar-refractivity contribution in [2.24, 2.45) is 0 Å². The molecule has 0 unspecified atom stereocenters. The number of benzene rings is 1. The average Bonchev–Trinajstić information content (AvgIpc) is 3.53. The van der Waals surface area contributed by atoms with E-state index in [9.17, 15) is 0 Å². The first-order chi connectivity index (χ1) is 14.3. The summed E-state index contributed by atoms with van der Waals surface area (Å²) in [5.41, 5.74) is 2.10. The van der Waals surface area contributed by atoms with Crippen LogP contribution in [-0.4, -0.2) is 46.2 Å². The Bertz CT molecular complexity index is 987. The van der Waals surface area contributed by atoms with E-state index in [4.69, 9.17) is 16.1 Å². The summed E-state index contributed by atoms with van der Waals surface area (Å²) in [5, 5.41) is 5.01. The van der Waals surface area contributed by atoms with Gasteiger partial charge in [0.2, 0.25) is 0 Å². The van der Waals surface area contributed by atoms with Gasteiger partial charge in [-0.2, -0.15) is 4.98 Å². The van der Waals surface area contributed by atoms with Gasteiger partial charge >= 0.3 is 0 Å². The molecule has 0 spiro atoms. The lowest BCUT2D eigenvalue weighted by Crippen LogP contribution is -2.31. The van der Waals surface area contributed by atoms with E-state index in [2.05, 4.69) is 31.0 Å². The molecule has 1 saturated carbocycles. The van der Waals surface area contributed by atoms with E-state index in [0.29, 0.717) is 11.8 Å². The molecule has 1 aromatic carbocycles. The summed E-state index contributed by atoms with van der Waals surface area (Å²) in [7, 11) is 0. The van der Waals surface area contributed by atoms with Crippen molar-refractivity contribution in [1.29, 1.82) is 0 Å². The predicted octanol–water partition coefficient (Wildman–Crippen LogP) is 4.37. The fourth-order valence-corrected chi connectivity index (χ4v) is 4.07. The first-order valence-electron chi connectivity index (χ1n) is 10.3.